The Morgan fingerprint density at radius 3 is 2.34 bits per heavy atom. The molecule has 6 nitrogen and oxygen atoms in total. The molecule has 0 atom stereocenters. The molecule has 6 heteroatoms. The summed E-state index contributed by atoms with van der Waals surface area (Å²) in [7, 11) is 0. The van der Waals surface area contributed by atoms with E-state index in [1.54, 1.807) is 18.5 Å². The minimum Gasteiger partial charge on any atom is -0.452 e. The number of fused-ring (bicyclic) bond motifs is 1. The van der Waals surface area contributed by atoms with E-state index in [9.17, 15) is 9.59 Å². The van der Waals surface area contributed by atoms with Crippen molar-refractivity contribution in [3.8, 4) is 11.3 Å². The summed E-state index contributed by atoms with van der Waals surface area (Å²) in [6, 6.07) is 16.7. The fraction of sp³-hybridized carbons (Fsp3) is 0.154. The lowest BCUT2D eigenvalue weighted by Crippen LogP contribution is -2.22. The minimum absolute atomic E-state index is 0.359. The first-order chi connectivity index (χ1) is 15.4. The number of carbonyl (C=O) groups excluding carboxylic acids is 2. The van der Waals surface area contributed by atoms with Crippen LogP contribution in [-0.4, -0.2) is 28.5 Å². The molecule has 0 aliphatic rings. The number of hydrogen-bond acceptors (Lipinski definition) is 5. The highest BCUT2D eigenvalue weighted by Gasteiger charge is 2.17. The number of aryl methyl sites for hydroxylation is 3. The standard InChI is InChI=1S/C26H23N3O3/c1-16-12-17(2)25(18(3)13-16)29-24(30)15-32-26(31)21-14-23(19-8-10-27-11-9-19)28-22-7-5-4-6-20(21)22/h4-14H,15H2,1-3H3,(H,29,30). The first-order valence-electron chi connectivity index (χ1n) is 10.3. The summed E-state index contributed by atoms with van der Waals surface area (Å²) in [5.74, 6) is -0.965. The number of amides is 1. The van der Waals surface area contributed by atoms with Crippen molar-refractivity contribution in [3.05, 3.63) is 89.2 Å². The van der Waals surface area contributed by atoms with Gasteiger partial charge in [-0.25, -0.2) is 9.78 Å². The SMILES string of the molecule is Cc1cc(C)c(NC(=O)COC(=O)c2cc(-c3ccncc3)nc3ccccc23)c(C)c1. The highest BCUT2D eigenvalue weighted by atomic mass is 16.5. The van der Waals surface area contributed by atoms with Gasteiger partial charge in [-0.05, 0) is 56.2 Å². The van der Waals surface area contributed by atoms with Crippen LogP contribution in [-0.2, 0) is 9.53 Å². The fourth-order valence-corrected chi connectivity index (χ4v) is 3.78. The second-order valence-corrected chi connectivity index (χ2v) is 7.71. The van der Waals surface area contributed by atoms with Crippen molar-refractivity contribution in [2.45, 2.75) is 20.8 Å². The normalized spacial score (nSPS) is 10.7. The van der Waals surface area contributed by atoms with Gasteiger partial charge in [-0.1, -0.05) is 35.9 Å². The number of aromatic nitrogens is 2. The van der Waals surface area contributed by atoms with Crippen LogP contribution in [0.15, 0.2) is 67.0 Å². The van der Waals surface area contributed by atoms with Gasteiger partial charge in [0.05, 0.1) is 16.8 Å². The van der Waals surface area contributed by atoms with E-state index in [0.717, 1.165) is 27.9 Å². The van der Waals surface area contributed by atoms with Crippen molar-refractivity contribution in [3.63, 3.8) is 0 Å². The van der Waals surface area contributed by atoms with Gasteiger partial charge in [0.15, 0.2) is 6.61 Å². The van der Waals surface area contributed by atoms with E-state index in [2.05, 4.69) is 15.3 Å². The third kappa shape index (κ3) is 4.49. The molecule has 4 rings (SSSR count). The van der Waals surface area contributed by atoms with Crippen LogP contribution in [0.5, 0.6) is 0 Å². The Balaban J connectivity index is 1.56. The van der Waals surface area contributed by atoms with Crippen LogP contribution in [0.25, 0.3) is 22.2 Å². The number of nitrogens with zero attached hydrogens (tertiary/aromatic N) is 2. The molecule has 0 fully saturated rings. The van der Waals surface area contributed by atoms with E-state index < -0.39 is 5.97 Å². The molecular weight excluding hydrogens is 402 g/mol. The van der Waals surface area contributed by atoms with Crippen molar-refractivity contribution in [2.75, 3.05) is 11.9 Å². The van der Waals surface area contributed by atoms with Gasteiger partial charge >= 0.3 is 5.97 Å². The van der Waals surface area contributed by atoms with Crippen LogP contribution >= 0.6 is 0 Å². The summed E-state index contributed by atoms with van der Waals surface area (Å²) >= 11 is 0. The highest BCUT2D eigenvalue weighted by Crippen LogP contribution is 2.25. The summed E-state index contributed by atoms with van der Waals surface area (Å²) in [6.07, 6.45) is 3.34. The molecule has 1 amide bonds. The molecule has 0 aliphatic heterocycles. The van der Waals surface area contributed by atoms with Crippen molar-refractivity contribution in [1.29, 1.82) is 0 Å². The molecular formula is C26H23N3O3. The van der Waals surface area contributed by atoms with E-state index in [1.807, 2.05) is 69.3 Å². The molecule has 1 N–H and O–H groups in total. The molecule has 0 bridgehead atoms. The number of nitrogens with one attached hydrogen (secondary N) is 1. The average molecular weight is 425 g/mol. The summed E-state index contributed by atoms with van der Waals surface area (Å²) in [5.41, 5.74) is 6.29. The molecule has 0 radical (unpaired) electrons. The number of esters is 1. The topological polar surface area (TPSA) is 81.2 Å². The maximum atomic E-state index is 12.9. The molecule has 0 saturated carbocycles. The van der Waals surface area contributed by atoms with Gasteiger partial charge in [-0.2, -0.15) is 0 Å². The van der Waals surface area contributed by atoms with Crippen LogP contribution in [0.3, 0.4) is 0 Å². The van der Waals surface area contributed by atoms with Crippen molar-refractivity contribution in [1.82, 2.24) is 9.97 Å². The Bertz CT molecular complexity index is 1290. The van der Waals surface area contributed by atoms with E-state index in [0.29, 0.717) is 22.2 Å². The quantitative estimate of drug-likeness (QED) is 0.454. The smallest absolute Gasteiger partial charge is 0.339 e. The zero-order valence-electron chi connectivity index (χ0n) is 18.2. The lowest BCUT2D eigenvalue weighted by molar-refractivity contribution is -0.119. The van der Waals surface area contributed by atoms with Gasteiger partial charge in [0, 0.05) is 29.0 Å². The van der Waals surface area contributed by atoms with Gasteiger partial charge in [0.25, 0.3) is 5.91 Å². The van der Waals surface area contributed by atoms with Crippen molar-refractivity contribution in [2.24, 2.45) is 0 Å². The Morgan fingerprint density at radius 1 is 0.938 bits per heavy atom. The molecule has 32 heavy (non-hydrogen) atoms. The number of hydrogen-bond donors (Lipinski definition) is 1. The molecule has 2 aromatic carbocycles. The molecule has 0 saturated heterocycles. The van der Waals surface area contributed by atoms with E-state index in [-0.39, 0.29) is 12.5 Å². The maximum Gasteiger partial charge on any atom is 0.339 e. The lowest BCUT2D eigenvalue weighted by Gasteiger charge is -2.13. The second-order valence-electron chi connectivity index (χ2n) is 7.71. The first-order valence-corrected chi connectivity index (χ1v) is 10.3. The Kier molecular flexibility index (Phi) is 5.94. The Labute approximate surface area is 186 Å². The van der Waals surface area contributed by atoms with Crippen molar-refractivity contribution < 1.29 is 14.3 Å². The van der Waals surface area contributed by atoms with E-state index in [4.69, 9.17) is 4.74 Å². The van der Waals surface area contributed by atoms with Gasteiger partial charge in [-0.3, -0.25) is 9.78 Å². The number of carbonyl (C=O) groups is 2. The van der Waals surface area contributed by atoms with Crippen LogP contribution in [0.1, 0.15) is 27.0 Å². The first kappa shape index (κ1) is 21.2. The fourth-order valence-electron chi connectivity index (χ4n) is 3.78. The lowest BCUT2D eigenvalue weighted by atomic mass is 10.0. The zero-order valence-corrected chi connectivity index (χ0v) is 18.2. The van der Waals surface area contributed by atoms with E-state index >= 15 is 0 Å². The number of ether oxygens (including phenoxy) is 1. The van der Waals surface area contributed by atoms with Crippen LogP contribution in [0, 0.1) is 20.8 Å². The van der Waals surface area contributed by atoms with Crippen molar-refractivity contribution >= 4 is 28.5 Å². The predicted molar refractivity (Wildman–Crippen MR) is 125 cm³/mol. The number of para-hydroxylation sites is 1. The molecule has 160 valence electrons. The van der Waals surface area contributed by atoms with Gasteiger partial charge in [0.2, 0.25) is 0 Å². The zero-order chi connectivity index (χ0) is 22.7. The third-order valence-corrected chi connectivity index (χ3v) is 5.19. The number of anilines is 1. The summed E-state index contributed by atoms with van der Waals surface area (Å²) in [4.78, 5) is 34.1. The van der Waals surface area contributed by atoms with E-state index in [1.165, 1.54) is 0 Å². The summed E-state index contributed by atoms with van der Waals surface area (Å²) < 4.78 is 5.37. The molecule has 4 aromatic rings. The van der Waals surface area contributed by atoms with Gasteiger partial charge in [-0.15, -0.1) is 0 Å². The van der Waals surface area contributed by atoms with Crippen LogP contribution in [0.2, 0.25) is 0 Å². The number of pyridine rings is 2. The summed E-state index contributed by atoms with van der Waals surface area (Å²) in [6.45, 7) is 5.50. The predicted octanol–water partition coefficient (Wildman–Crippen LogP) is 5.02. The maximum absolute atomic E-state index is 12.9. The number of benzene rings is 2. The molecule has 0 spiro atoms. The van der Waals surface area contributed by atoms with Crippen LogP contribution in [0.4, 0.5) is 5.69 Å². The Hall–Kier alpha value is -4.06. The minimum atomic E-state index is -0.577. The third-order valence-electron chi connectivity index (χ3n) is 5.19. The highest BCUT2D eigenvalue weighted by molar-refractivity contribution is 6.05. The second kappa shape index (κ2) is 8.98. The monoisotopic (exact) mass is 425 g/mol. The largest absolute Gasteiger partial charge is 0.452 e. The molecule has 0 aliphatic carbocycles. The summed E-state index contributed by atoms with van der Waals surface area (Å²) in [5, 5.41) is 3.52. The van der Waals surface area contributed by atoms with Gasteiger partial charge in [0.1, 0.15) is 0 Å². The van der Waals surface area contributed by atoms with Crippen LogP contribution < -0.4 is 5.32 Å². The Morgan fingerprint density at radius 2 is 1.62 bits per heavy atom. The molecule has 2 aromatic heterocycles. The number of rotatable bonds is 5. The average Bonchev–Trinajstić information content (AvgIpc) is 2.79. The molecule has 2 heterocycles. The van der Waals surface area contributed by atoms with Gasteiger partial charge < -0.3 is 10.1 Å². The molecule has 0 unspecified atom stereocenters.